The van der Waals surface area contributed by atoms with Gasteiger partial charge in [-0.05, 0) is 12.1 Å². The van der Waals surface area contributed by atoms with Crippen LogP contribution in [-0.4, -0.2) is 25.7 Å². The van der Waals surface area contributed by atoms with Crippen LogP contribution in [0.1, 0.15) is 0 Å². The van der Waals surface area contributed by atoms with E-state index in [2.05, 4.69) is 5.32 Å². The Morgan fingerprint density at radius 2 is 1.80 bits per heavy atom. The van der Waals surface area contributed by atoms with Crippen LogP contribution < -0.4 is 11.1 Å². The Bertz CT molecular complexity index is 483. The molecule has 1 aliphatic rings. The molecule has 5 nitrogen and oxygen atoms in total. The second kappa shape index (κ2) is 3.32. The lowest BCUT2D eigenvalue weighted by Gasteiger charge is -2.33. The summed E-state index contributed by atoms with van der Waals surface area (Å²) in [6.45, 7) is 0. The predicted octanol–water partition coefficient (Wildman–Crippen LogP) is -0.756. The van der Waals surface area contributed by atoms with Crippen molar-refractivity contribution in [3.8, 4) is 0 Å². The molecule has 1 heterocycles. The zero-order chi connectivity index (χ0) is 11.1. The molecule has 0 radical (unpaired) electrons. The van der Waals surface area contributed by atoms with Gasteiger partial charge in [0.15, 0.2) is 5.37 Å². The summed E-state index contributed by atoms with van der Waals surface area (Å²) in [5, 5.41) is 1.29. The Hall–Kier alpha value is -1.40. The van der Waals surface area contributed by atoms with E-state index < -0.39 is 27.2 Å². The molecule has 6 heteroatoms. The molecule has 0 bridgehead atoms. The molecule has 1 aromatic carbocycles. The molecule has 1 aromatic rings. The van der Waals surface area contributed by atoms with Crippen LogP contribution in [0.3, 0.4) is 0 Å². The molecule has 2 atom stereocenters. The van der Waals surface area contributed by atoms with E-state index in [0.29, 0.717) is 0 Å². The van der Waals surface area contributed by atoms with Crippen LogP contribution in [0.15, 0.2) is 35.2 Å². The van der Waals surface area contributed by atoms with Crippen LogP contribution in [0.5, 0.6) is 0 Å². The van der Waals surface area contributed by atoms with Gasteiger partial charge in [0, 0.05) is 0 Å². The molecule has 80 valence electrons. The van der Waals surface area contributed by atoms with Crippen LogP contribution >= 0.6 is 0 Å². The molecule has 0 aliphatic carbocycles. The number of rotatable bonds is 2. The average Bonchev–Trinajstić information content (AvgIpc) is 2.26. The molecule has 2 rings (SSSR count). The van der Waals surface area contributed by atoms with Gasteiger partial charge in [-0.25, -0.2) is 8.42 Å². The van der Waals surface area contributed by atoms with E-state index >= 15 is 0 Å². The Labute approximate surface area is 87.2 Å². The normalized spacial score (nSPS) is 25.5. The molecule has 0 aromatic heterocycles. The highest BCUT2D eigenvalue weighted by molar-refractivity contribution is 7.92. The van der Waals surface area contributed by atoms with Gasteiger partial charge in [-0.2, -0.15) is 0 Å². The monoisotopic (exact) mass is 226 g/mol. The van der Waals surface area contributed by atoms with E-state index in [1.807, 2.05) is 0 Å². The van der Waals surface area contributed by atoms with E-state index in [1.54, 1.807) is 18.2 Å². The van der Waals surface area contributed by atoms with Gasteiger partial charge in [-0.3, -0.25) is 4.79 Å². The smallest absolute Gasteiger partial charge is 0.241 e. The minimum atomic E-state index is -3.54. The van der Waals surface area contributed by atoms with Gasteiger partial charge in [-0.15, -0.1) is 0 Å². The highest BCUT2D eigenvalue weighted by Gasteiger charge is 2.45. The van der Waals surface area contributed by atoms with Crippen molar-refractivity contribution in [1.29, 1.82) is 0 Å². The molecular formula is C9H10N2O3S. The number of sulfone groups is 1. The van der Waals surface area contributed by atoms with Crippen molar-refractivity contribution < 1.29 is 13.2 Å². The van der Waals surface area contributed by atoms with Crippen molar-refractivity contribution in [2.45, 2.75) is 16.3 Å². The van der Waals surface area contributed by atoms with Crippen molar-refractivity contribution in [1.82, 2.24) is 5.32 Å². The van der Waals surface area contributed by atoms with Crippen molar-refractivity contribution in [2.75, 3.05) is 0 Å². The Kier molecular flexibility index (Phi) is 2.24. The number of nitrogens with two attached hydrogens (primary N) is 1. The first-order valence-corrected chi connectivity index (χ1v) is 5.93. The summed E-state index contributed by atoms with van der Waals surface area (Å²) in [5.41, 5.74) is 5.40. The van der Waals surface area contributed by atoms with E-state index in [9.17, 15) is 13.2 Å². The maximum absolute atomic E-state index is 11.9. The maximum Gasteiger partial charge on any atom is 0.241 e. The molecule has 1 aliphatic heterocycles. The molecule has 1 fully saturated rings. The number of carbonyl (C=O) groups is 1. The Morgan fingerprint density at radius 3 is 2.27 bits per heavy atom. The molecule has 0 saturated carbocycles. The molecule has 15 heavy (non-hydrogen) atoms. The number of benzene rings is 1. The molecule has 1 amide bonds. The summed E-state index contributed by atoms with van der Waals surface area (Å²) in [6.07, 6.45) is 0. The quantitative estimate of drug-likeness (QED) is 0.649. The number of amides is 1. The van der Waals surface area contributed by atoms with Gasteiger partial charge >= 0.3 is 0 Å². The maximum atomic E-state index is 11.9. The number of carbonyl (C=O) groups excluding carboxylic acids is 1. The second-order valence-corrected chi connectivity index (χ2v) is 5.38. The first-order chi connectivity index (χ1) is 7.03. The number of hydrogen-bond acceptors (Lipinski definition) is 4. The molecule has 0 unspecified atom stereocenters. The fraction of sp³-hybridized carbons (Fsp3) is 0.222. The third-order valence-corrected chi connectivity index (χ3v) is 4.33. The fourth-order valence-electron chi connectivity index (χ4n) is 1.39. The highest BCUT2D eigenvalue weighted by atomic mass is 32.2. The number of hydrogen-bond donors (Lipinski definition) is 2. The summed E-state index contributed by atoms with van der Waals surface area (Å²) in [4.78, 5) is 11.0. The standard InChI is InChI=1S/C9H10N2O3S/c10-7-8(12)11-9(7)15(13,14)6-4-2-1-3-5-6/h1-5,7,9H,10H2,(H,11,12)/t7-,9+/m1/s1. The van der Waals surface area contributed by atoms with Crippen molar-refractivity contribution in [3.63, 3.8) is 0 Å². The zero-order valence-electron chi connectivity index (χ0n) is 7.75. The molecule has 1 saturated heterocycles. The minimum absolute atomic E-state index is 0.172. The first kappa shape index (κ1) is 10.1. The van der Waals surface area contributed by atoms with Crippen molar-refractivity contribution >= 4 is 15.7 Å². The van der Waals surface area contributed by atoms with Crippen molar-refractivity contribution in [3.05, 3.63) is 30.3 Å². The minimum Gasteiger partial charge on any atom is -0.336 e. The van der Waals surface area contributed by atoms with Gasteiger partial charge in [0.2, 0.25) is 15.7 Å². The molecule has 0 spiro atoms. The summed E-state index contributed by atoms with van der Waals surface area (Å²) in [5.74, 6) is -0.431. The van der Waals surface area contributed by atoms with Crippen LogP contribution in [0.4, 0.5) is 0 Å². The number of β-lactam (4-membered cyclic amide) rings is 1. The van der Waals surface area contributed by atoms with Gasteiger partial charge in [-0.1, -0.05) is 18.2 Å². The summed E-state index contributed by atoms with van der Waals surface area (Å²) < 4.78 is 23.8. The van der Waals surface area contributed by atoms with Crippen molar-refractivity contribution in [2.24, 2.45) is 5.73 Å². The fourth-order valence-corrected chi connectivity index (χ4v) is 3.01. The summed E-state index contributed by atoms with van der Waals surface area (Å²) in [7, 11) is -3.54. The van der Waals surface area contributed by atoms with Gasteiger partial charge in [0.25, 0.3) is 0 Å². The SMILES string of the molecule is N[C@@H]1C(=O)N[C@H]1S(=O)(=O)c1ccccc1. The third-order valence-electron chi connectivity index (χ3n) is 2.32. The average molecular weight is 226 g/mol. The van der Waals surface area contributed by atoms with E-state index in [4.69, 9.17) is 5.73 Å². The van der Waals surface area contributed by atoms with Crippen LogP contribution in [-0.2, 0) is 14.6 Å². The molecule has 3 N–H and O–H groups in total. The van der Waals surface area contributed by atoms with E-state index in [-0.39, 0.29) is 4.90 Å². The van der Waals surface area contributed by atoms with Crippen LogP contribution in [0.2, 0.25) is 0 Å². The van der Waals surface area contributed by atoms with Gasteiger partial charge in [0.1, 0.15) is 6.04 Å². The predicted molar refractivity (Wildman–Crippen MR) is 53.5 cm³/mol. The first-order valence-electron chi connectivity index (χ1n) is 4.38. The summed E-state index contributed by atoms with van der Waals surface area (Å²) >= 11 is 0. The molecular weight excluding hydrogens is 216 g/mol. The van der Waals surface area contributed by atoms with Gasteiger partial charge in [0.05, 0.1) is 4.90 Å². The third kappa shape index (κ3) is 1.51. The lowest BCUT2D eigenvalue weighted by molar-refractivity contribution is -0.128. The van der Waals surface area contributed by atoms with Crippen LogP contribution in [0.25, 0.3) is 0 Å². The van der Waals surface area contributed by atoms with E-state index in [0.717, 1.165) is 0 Å². The largest absolute Gasteiger partial charge is 0.336 e. The van der Waals surface area contributed by atoms with Crippen LogP contribution in [0, 0.1) is 0 Å². The lowest BCUT2D eigenvalue weighted by atomic mass is 10.2. The zero-order valence-corrected chi connectivity index (χ0v) is 8.57. The number of nitrogens with one attached hydrogen (secondary N) is 1. The van der Waals surface area contributed by atoms with Gasteiger partial charge < -0.3 is 11.1 Å². The topological polar surface area (TPSA) is 89.3 Å². The highest BCUT2D eigenvalue weighted by Crippen LogP contribution is 2.20. The summed E-state index contributed by atoms with van der Waals surface area (Å²) in [6, 6.07) is 6.96. The Morgan fingerprint density at radius 1 is 1.20 bits per heavy atom. The lowest BCUT2D eigenvalue weighted by Crippen LogP contribution is -2.69. The van der Waals surface area contributed by atoms with E-state index in [1.165, 1.54) is 12.1 Å². The second-order valence-electron chi connectivity index (χ2n) is 3.31. The Balaban J connectivity index is 2.34.